The average Bonchev–Trinajstić information content (AvgIpc) is 3.15. The van der Waals surface area contributed by atoms with Crippen LogP contribution in [0.25, 0.3) is 0 Å². The molecule has 1 aliphatic rings. The molecule has 1 unspecified atom stereocenters. The summed E-state index contributed by atoms with van der Waals surface area (Å²) in [5.41, 5.74) is 1.31. The monoisotopic (exact) mass is 303 g/mol. The van der Waals surface area contributed by atoms with Crippen molar-refractivity contribution in [3.05, 3.63) is 46.2 Å². The first-order valence-corrected chi connectivity index (χ1v) is 8.33. The normalized spacial score (nSPS) is 14.3. The second-order valence-electron chi connectivity index (χ2n) is 5.41. The predicted octanol–water partition coefficient (Wildman–Crippen LogP) is 3.63. The van der Waals surface area contributed by atoms with Gasteiger partial charge >= 0.3 is 0 Å². The highest BCUT2D eigenvalue weighted by atomic mass is 32.1. The molecule has 3 rings (SSSR count). The Balaban J connectivity index is 1.40. The van der Waals surface area contributed by atoms with Gasteiger partial charge in [0.1, 0.15) is 0 Å². The summed E-state index contributed by atoms with van der Waals surface area (Å²) in [4.78, 5) is 1.45. The Morgan fingerprint density at radius 1 is 1.19 bits per heavy atom. The Morgan fingerprint density at radius 3 is 2.95 bits per heavy atom. The summed E-state index contributed by atoms with van der Waals surface area (Å²) >= 11 is 1.83. The lowest BCUT2D eigenvalue weighted by atomic mass is 10.1. The van der Waals surface area contributed by atoms with E-state index in [9.17, 15) is 0 Å². The molecule has 1 aromatic carbocycles. The van der Waals surface area contributed by atoms with E-state index in [1.165, 1.54) is 10.4 Å². The van der Waals surface area contributed by atoms with Crippen LogP contribution in [-0.2, 0) is 12.8 Å². The van der Waals surface area contributed by atoms with Crippen molar-refractivity contribution in [3.63, 3.8) is 0 Å². The Labute approximate surface area is 129 Å². The van der Waals surface area contributed by atoms with Crippen molar-refractivity contribution in [2.75, 3.05) is 13.3 Å². The summed E-state index contributed by atoms with van der Waals surface area (Å²) in [5.74, 6) is 1.74. The lowest BCUT2D eigenvalue weighted by molar-refractivity contribution is 0.174. The Kier molecular flexibility index (Phi) is 4.78. The van der Waals surface area contributed by atoms with Crippen LogP contribution >= 0.6 is 11.3 Å². The number of benzene rings is 1. The molecule has 0 saturated heterocycles. The van der Waals surface area contributed by atoms with Crippen LogP contribution in [0.4, 0.5) is 0 Å². The fourth-order valence-corrected chi connectivity index (χ4v) is 3.19. The van der Waals surface area contributed by atoms with Gasteiger partial charge in [-0.2, -0.15) is 0 Å². The maximum Gasteiger partial charge on any atom is 0.231 e. The second kappa shape index (κ2) is 6.96. The van der Waals surface area contributed by atoms with E-state index < -0.39 is 0 Å². The van der Waals surface area contributed by atoms with Gasteiger partial charge in [-0.05, 0) is 55.3 Å². The van der Waals surface area contributed by atoms with Gasteiger partial charge in [-0.15, -0.1) is 11.3 Å². The van der Waals surface area contributed by atoms with E-state index in [0.717, 1.165) is 37.3 Å². The summed E-state index contributed by atoms with van der Waals surface area (Å²) in [6.45, 7) is 3.64. The van der Waals surface area contributed by atoms with Crippen molar-refractivity contribution in [1.29, 1.82) is 0 Å². The van der Waals surface area contributed by atoms with Gasteiger partial charge < -0.3 is 14.8 Å². The lowest BCUT2D eigenvalue weighted by Gasteiger charge is -2.13. The Morgan fingerprint density at radius 2 is 2.10 bits per heavy atom. The third kappa shape index (κ3) is 3.99. The van der Waals surface area contributed by atoms with Crippen molar-refractivity contribution in [2.24, 2.45) is 0 Å². The minimum absolute atomic E-state index is 0.347. The quantitative estimate of drug-likeness (QED) is 0.847. The molecular formula is C17H21NO2S. The van der Waals surface area contributed by atoms with Gasteiger partial charge in [-0.3, -0.25) is 0 Å². The van der Waals surface area contributed by atoms with Crippen LogP contribution in [0.3, 0.4) is 0 Å². The molecule has 1 aliphatic heterocycles. The van der Waals surface area contributed by atoms with Gasteiger partial charge in [0.2, 0.25) is 6.79 Å². The van der Waals surface area contributed by atoms with Crippen molar-refractivity contribution in [1.82, 2.24) is 5.32 Å². The van der Waals surface area contributed by atoms with Gasteiger partial charge in [0.15, 0.2) is 11.5 Å². The summed E-state index contributed by atoms with van der Waals surface area (Å²) in [5, 5.41) is 5.73. The minimum atomic E-state index is 0.347. The summed E-state index contributed by atoms with van der Waals surface area (Å²) in [6.07, 6.45) is 3.31. The molecule has 1 N–H and O–H groups in total. The topological polar surface area (TPSA) is 30.5 Å². The molecule has 0 radical (unpaired) electrons. The molecule has 1 atom stereocenters. The van der Waals surface area contributed by atoms with Crippen LogP contribution in [0.15, 0.2) is 35.7 Å². The van der Waals surface area contributed by atoms with E-state index in [0.29, 0.717) is 12.8 Å². The lowest BCUT2D eigenvalue weighted by Crippen LogP contribution is -2.28. The van der Waals surface area contributed by atoms with Gasteiger partial charge in [0, 0.05) is 17.5 Å². The first-order valence-electron chi connectivity index (χ1n) is 7.45. The van der Waals surface area contributed by atoms with Crippen molar-refractivity contribution < 1.29 is 9.47 Å². The fourth-order valence-electron chi connectivity index (χ4n) is 2.48. The number of hydrogen-bond donors (Lipinski definition) is 1. The highest BCUT2D eigenvalue weighted by Gasteiger charge is 2.13. The maximum atomic E-state index is 5.42. The standard InChI is InChI=1S/C17H21NO2S/c1-13(18-9-8-15-3-2-10-21-15)4-5-14-6-7-16-17(11-14)20-12-19-16/h2-3,6-7,10-11,13,18H,4-5,8-9,12H2,1H3. The van der Waals surface area contributed by atoms with Crippen LogP contribution in [-0.4, -0.2) is 19.4 Å². The van der Waals surface area contributed by atoms with E-state index in [2.05, 4.69) is 41.9 Å². The van der Waals surface area contributed by atoms with E-state index >= 15 is 0 Å². The molecule has 2 aromatic rings. The number of thiophene rings is 1. The van der Waals surface area contributed by atoms with Crippen LogP contribution in [0, 0.1) is 0 Å². The van der Waals surface area contributed by atoms with Crippen LogP contribution in [0.1, 0.15) is 23.8 Å². The maximum absolute atomic E-state index is 5.42. The zero-order chi connectivity index (χ0) is 14.5. The van der Waals surface area contributed by atoms with Gasteiger partial charge in [0.25, 0.3) is 0 Å². The summed E-state index contributed by atoms with van der Waals surface area (Å²) < 4.78 is 10.7. The molecule has 21 heavy (non-hydrogen) atoms. The van der Waals surface area contributed by atoms with Gasteiger partial charge in [-0.25, -0.2) is 0 Å². The summed E-state index contributed by atoms with van der Waals surface area (Å²) in [7, 11) is 0. The van der Waals surface area contributed by atoms with Crippen LogP contribution < -0.4 is 14.8 Å². The largest absolute Gasteiger partial charge is 0.454 e. The first kappa shape index (κ1) is 14.4. The van der Waals surface area contributed by atoms with Crippen LogP contribution in [0.5, 0.6) is 11.5 Å². The molecule has 4 heteroatoms. The van der Waals surface area contributed by atoms with Crippen LogP contribution in [0.2, 0.25) is 0 Å². The molecule has 0 fully saturated rings. The van der Waals surface area contributed by atoms with E-state index in [1.807, 2.05) is 17.4 Å². The van der Waals surface area contributed by atoms with Crippen molar-refractivity contribution in [3.8, 4) is 11.5 Å². The Hall–Kier alpha value is -1.52. The average molecular weight is 303 g/mol. The number of ether oxygens (including phenoxy) is 2. The fraction of sp³-hybridized carbons (Fsp3) is 0.412. The van der Waals surface area contributed by atoms with Gasteiger partial charge in [-0.1, -0.05) is 12.1 Å². The molecule has 0 spiro atoms. The number of rotatable bonds is 7. The Bertz CT molecular complexity index is 568. The number of hydrogen-bond acceptors (Lipinski definition) is 4. The molecule has 2 heterocycles. The molecule has 3 nitrogen and oxygen atoms in total. The molecule has 0 bridgehead atoms. The third-order valence-electron chi connectivity index (χ3n) is 3.75. The molecule has 0 amide bonds. The number of nitrogens with one attached hydrogen (secondary N) is 1. The second-order valence-corrected chi connectivity index (χ2v) is 6.44. The molecular weight excluding hydrogens is 282 g/mol. The van der Waals surface area contributed by atoms with Gasteiger partial charge in [0.05, 0.1) is 0 Å². The molecule has 112 valence electrons. The summed E-state index contributed by atoms with van der Waals surface area (Å²) in [6, 6.07) is 11.1. The zero-order valence-corrected chi connectivity index (χ0v) is 13.1. The van der Waals surface area contributed by atoms with Crippen molar-refractivity contribution >= 4 is 11.3 Å². The molecule has 0 saturated carbocycles. The van der Waals surface area contributed by atoms with Crippen molar-refractivity contribution in [2.45, 2.75) is 32.2 Å². The predicted molar refractivity (Wildman–Crippen MR) is 86.4 cm³/mol. The SMILES string of the molecule is CC(CCc1ccc2c(c1)OCO2)NCCc1cccs1. The molecule has 1 aromatic heterocycles. The molecule has 0 aliphatic carbocycles. The highest BCUT2D eigenvalue weighted by Crippen LogP contribution is 2.32. The smallest absolute Gasteiger partial charge is 0.231 e. The van der Waals surface area contributed by atoms with E-state index in [4.69, 9.17) is 9.47 Å². The minimum Gasteiger partial charge on any atom is -0.454 e. The third-order valence-corrected chi connectivity index (χ3v) is 4.68. The number of fused-ring (bicyclic) bond motifs is 1. The zero-order valence-electron chi connectivity index (χ0n) is 12.3. The first-order chi connectivity index (χ1) is 10.3. The van der Waals surface area contributed by atoms with E-state index in [1.54, 1.807) is 0 Å². The van der Waals surface area contributed by atoms with E-state index in [-0.39, 0.29) is 0 Å². The highest BCUT2D eigenvalue weighted by molar-refractivity contribution is 7.09. The number of aryl methyl sites for hydroxylation is 1.